The minimum absolute atomic E-state index is 0.685. The summed E-state index contributed by atoms with van der Waals surface area (Å²) >= 11 is 3.65. The number of thiophene rings is 1. The molecule has 0 amide bonds. The lowest BCUT2D eigenvalue weighted by atomic mass is 10.1. The highest BCUT2D eigenvalue weighted by Gasteiger charge is 2.20. The second-order valence-corrected chi connectivity index (χ2v) is 6.57. The number of hydrogen-bond donors (Lipinski definition) is 1. The fourth-order valence-corrected chi connectivity index (χ4v) is 3.65. The molecule has 2 nitrogen and oxygen atoms in total. The third kappa shape index (κ3) is 3.52. The summed E-state index contributed by atoms with van der Waals surface area (Å²) in [6, 6.07) is 2.16. The van der Waals surface area contributed by atoms with E-state index in [-0.39, 0.29) is 0 Å². The molecule has 0 saturated carbocycles. The third-order valence-electron chi connectivity index (χ3n) is 2.47. The molecule has 0 aliphatic carbocycles. The molecule has 16 heavy (non-hydrogen) atoms. The van der Waals surface area contributed by atoms with Crippen LogP contribution in [0.3, 0.4) is 0 Å². The Labute approximate surface area is 106 Å². The fraction of sp³-hybridized carbons (Fsp3) is 0.583. The Kier molecular flexibility index (Phi) is 4.29. The Morgan fingerprint density at radius 3 is 3.12 bits per heavy atom. The monoisotopic (exact) mass is 254 g/mol. The maximum atomic E-state index is 4.54. The molecule has 1 aromatic heterocycles. The van der Waals surface area contributed by atoms with Crippen LogP contribution >= 0.6 is 23.1 Å². The van der Waals surface area contributed by atoms with Gasteiger partial charge >= 0.3 is 0 Å². The second kappa shape index (κ2) is 5.73. The number of hydrogen-bond acceptors (Lipinski definition) is 4. The van der Waals surface area contributed by atoms with Crippen LogP contribution < -0.4 is 5.32 Å². The Hall–Kier alpha value is -0.480. The minimum atomic E-state index is 0.685. The van der Waals surface area contributed by atoms with E-state index in [9.17, 15) is 0 Å². The largest absolute Gasteiger partial charge is 0.361 e. The maximum Gasteiger partial charge on any atom is 0.157 e. The second-order valence-electron chi connectivity index (χ2n) is 4.50. The van der Waals surface area contributed by atoms with Crippen LogP contribution in [0.2, 0.25) is 0 Å². The van der Waals surface area contributed by atoms with Crippen LogP contribution in [-0.4, -0.2) is 17.0 Å². The van der Waals surface area contributed by atoms with Crippen molar-refractivity contribution >= 4 is 28.3 Å². The molecule has 2 heterocycles. The summed E-state index contributed by atoms with van der Waals surface area (Å²) in [4.78, 5) is 4.54. The van der Waals surface area contributed by atoms with Crippen LogP contribution in [0.25, 0.3) is 0 Å². The molecule has 1 atom stereocenters. The maximum absolute atomic E-state index is 4.54. The molecule has 0 fully saturated rings. The number of aliphatic imine (C=N–C) groups is 1. The molecule has 2 rings (SSSR count). The van der Waals surface area contributed by atoms with Gasteiger partial charge in [-0.15, -0.1) is 0 Å². The first-order chi connectivity index (χ1) is 7.74. The van der Waals surface area contributed by atoms with Gasteiger partial charge in [-0.1, -0.05) is 25.6 Å². The molecular formula is C12H18N2S2. The third-order valence-corrected chi connectivity index (χ3v) is 4.38. The van der Waals surface area contributed by atoms with E-state index < -0.39 is 0 Å². The van der Waals surface area contributed by atoms with E-state index in [0.717, 1.165) is 24.2 Å². The zero-order valence-electron chi connectivity index (χ0n) is 9.77. The van der Waals surface area contributed by atoms with Gasteiger partial charge in [0.05, 0.1) is 6.54 Å². The topological polar surface area (TPSA) is 24.4 Å². The van der Waals surface area contributed by atoms with Crippen LogP contribution in [0.15, 0.2) is 21.8 Å². The van der Waals surface area contributed by atoms with E-state index in [0.29, 0.717) is 5.25 Å². The van der Waals surface area contributed by atoms with Crippen molar-refractivity contribution in [3.63, 3.8) is 0 Å². The van der Waals surface area contributed by atoms with Crippen molar-refractivity contribution in [1.29, 1.82) is 0 Å². The van der Waals surface area contributed by atoms with Gasteiger partial charge in [-0.3, -0.25) is 4.99 Å². The molecule has 1 aliphatic heterocycles. The van der Waals surface area contributed by atoms with Gasteiger partial charge in [-0.2, -0.15) is 11.3 Å². The number of rotatable bonds is 4. The first-order valence-corrected chi connectivity index (χ1v) is 7.52. The zero-order valence-corrected chi connectivity index (χ0v) is 11.4. The summed E-state index contributed by atoms with van der Waals surface area (Å²) in [6.07, 6.45) is 1.26. The predicted octanol–water partition coefficient (Wildman–Crippen LogP) is 3.36. The summed E-state index contributed by atoms with van der Waals surface area (Å²) < 4.78 is 0. The highest BCUT2D eigenvalue weighted by molar-refractivity contribution is 8.14. The molecule has 4 heteroatoms. The average molecular weight is 254 g/mol. The lowest BCUT2D eigenvalue weighted by molar-refractivity contribution is 0.575. The van der Waals surface area contributed by atoms with Crippen molar-refractivity contribution in [2.45, 2.75) is 32.1 Å². The summed E-state index contributed by atoms with van der Waals surface area (Å²) in [5.41, 5.74) is 1.35. The van der Waals surface area contributed by atoms with Gasteiger partial charge in [0, 0.05) is 11.8 Å². The number of thioether (sulfide) groups is 1. The summed E-state index contributed by atoms with van der Waals surface area (Å²) in [5.74, 6) is 0.768. The molecule has 1 aliphatic rings. The Morgan fingerprint density at radius 1 is 1.56 bits per heavy atom. The molecule has 1 aromatic rings. The van der Waals surface area contributed by atoms with Crippen LogP contribution in [0.4, 0.5) is 0 Å². The van der Waals surface area contributed by atoms with E-state index in [1.807, 2.05) is 11.8 Å². The zero-order chi connectivity index (χ0) is 11.4. The normalized spacial score (nSPS) is 20.2. The molecule has 0 spiro atoms. The number of nitrogens with zero attached hydrogens (tertiary/aromatic N) is 1. The predicted molar refractivity (Wildman–Crippen MR) is 74.3 cm³/mol. The summed E-state index contributed by atoms with van der Waals surface area (Å²) in [5, 5.41) is 9.51. The number of amidine groups is 1. The van der Waals surface area contributed by atoms with Crippen molar-refractivity contribution in [3.8, 4) is 0 Å². The number of nitrogens with one attached hydrogen (secondary N) is 1. The van der Waals surface area contributed by atoms with Gasteiger partial charge in [0.1, 0.15) is 0 Å². The van der Waals surface area contributed by atoms with E-state index in [1.54, 1.807) is 11.3 Å². The van der Waals surface area contributed by atoms with Crippen molar-refractivity contribution < 1.29 is 0 Å². The molecular weight excluding hydrogens is 236 g/mol. The summed E-state index contributed by atoms with van der Waals surface area (Å²) in [7, 11) is 0. The molecule has 0 bridgehead atoms. The van der Waals surface area contributed by atoms with Crippen LogP contribution in [0, 0.1) is 5.92 Å². The lowest BCUT2D eigenvalue weighted by Crippen LogP contribution is -2.18. The van der Waals surface area contributed by atoms with Crippen molar-refractivity contribution in [3.05, 3.63) is 22.4 Å². The quantitative estimate of drug-likeness (QED) is 0.891. The molecule has 0 radical (unpaired) electrons. The van der Waals surface area contributed by atoms with Crippen LogP contribution in [0.1, 0.15) is 25.8 Å². The summed E-state index contributed by atoms with van der Waals surface area (Å²) in [6.45, 7) is 6.44. The van der Waals surface area contributed by atoms with Gasteiger partial charge < -0.3 is 5.32 Å². The van der Waals surface area contributed by atoms with Crippen molar-refractivity contribution in [2.24, 2.45) is 10.9 Å². The Morgan fingerprint density at radius 2 is 2.44 bits per heavy atom. The van der Waals surface area contributed by atoms with Gasteiger partial charge in [0.15, 0.2) is 5.17 Å². The van der Waals surface area contributed by atoms with E-state index in [4.69, 9.17) is 0 Å². The van der Waals surface area contributed by atoms with Gasteiger partial charge in [-0.25, -0.2) is 0 Å². The fourth-order valence-electron chi connectivity index (χ4n) is 1.73. The molecule has 88 valence electrons. The van der Waals surface area contributed by atoms with Crippen LogP contribution in [0.5, 0.6) is 0 Å². The Bertz CT molecular complexity index is 344. The van der Waals surface area contributed by atoms with Gasteiger partial charge in [0.2, 0.25) is 0 Å². The SMILES string of the molecule is CC(C)CC1CN=C(NCc2ccsc2)S1. The molecule has 1 N–H and O–H groups in total. The highest BCUT2D eigenvalue weighted by Crippen LogP contribution is 2.25. The first kappa shape index (κ1) is 12.0. The van der Waals surface area contributed by atoms with Gasteiger partial charge in [0.25, 0.3) is 0 Å². The molecule has 0 aromatic carbocycles. The van der Waals surface area contributed by atoms with Crippen molar-refractivity contribution in [2.75, 3.05) is 6.54 Å². The first-order valence-electron chi connectivity index (χ1n) is 5.70. The smallest absolute Gasteiger partial charge is 0.157 e. The standard InChI is InChI=1S/C12H18N2S2/c1-9(2)5-11-7-14-12(16-11)13-6-10-3-4-15-8-10/h3-4,8-9,11H,5-7H2,1-2H3,(H,13,14). The molecule has 1 unspecified atom stereocenters. The Balaban J connectivity index is 1.72. The highest BCUT2D eigenvalue weighted by atomic mass is 32.2. The molecule has 0 saturated heterocycles. The van der Waals surface area contributed by atoms with Crippen LogP contribution in [-0.2, 0) is 6.54 Å². The van der Waals surface area contributed by atoms with E-state index in [1.165, 1.54) is 12.0 Å². The van der Waals surface area contributed by atoms with Gasteiger partial charge in [-0.05, 0) is 34.7 Å². The van der Waals surface area contributed by atoms with E-state index >= 15 is 0 Å². The lowest BCUT2D eigenvalue weighted by Gasteiger charge is -2.10. The average Bonchev–Trinajstić information content (AvgIpc) is 2.84. The minimum Gasteiger partial charge on any atom is -0.361 e. The van der Waals surface area contributed by atoms with Crippen molar-refractivity contribution in [1.82, 2.24) is 5.32 Å². The van der Waals surface area contributed by atoms with E-state index in [2.05, 4.69) is 41.0 Å².